The molecule has 0 radical (unpaired) electrons. The van der Waals surface area contributed by atoms with Gasteiger partial charge in [0, 0.05) is 44.8 Å². The average Bonchev–Trinajstić information content (AvgIpc) is 2.64. The third kappa shape index (κ3) is 6.08. The lowest BCUT2D eigenvalue weighted by Gasteiger charge is -2.13. The summed E-state index contributed by atoms with van der Waals surface area (Å²) >= 11 is 6.00. The van der Waals surface area contributed by atoms with E-state index in [1.807, 2.05) is 48.5 Å². The number of rotatable bonds is 6. The first-order valence-corrected chi connectivity index (χ1v) is 8.87. The van der Waals surface area contributed by atoms with E-state index in [0.29, 0.717) is 12.1 Å². The quantitative estimate of drug-likeness (QED) is 0.605. The predicted octanol–water partition coefficient (Wildman–Crippen LogP) is 2.95. The van der Waals surface area contributed by atoms with Crippen molar-refractivity contribution in [3.8, 4) is 0 Å². The monoisotopic (exact) mass is 372 g/mol. The van der Waals surface area contributed by atoms with Crippen molar-refractivity contribution >= 4 is 23.5 Å². The number of carbonyl (C=O) groups is 1. The van der Waals surface area contributed by atoms with E-state index in [4.69, 9.17) is 11.6 Å². The summed E-state index contributed by atoms with van der Waals surface area (Å²) in [6.07, 6.45) is 0.798. The summed E-state index contributed by atoms with van der Waals surface area (Å²) in [6, 6.07) is 15.4. The summed E-state index contributed by atoms with van der Waals surface area (Å²) in [5.74, 6) is 0.740. The summed E-state index contributed by atoms with van der Waals surface area (Å²) in [7, 11) is 5.25. The molecule has 0 saturated heterocycles. The highest BCUT2D eigenvalue weighted by Crippen LogP contribution is 2.10. The van der Waals surface area contributed by atoms with E-state index in [2.05, 4.69) is 15.6 Å². The number of hydrogen-bond acceptors (Lipinski definition) is 2. The van der Waals surface area contributed by atoms with Crippen LogP contribution in [0.4, 0.5) is 0 Å². The van der Waals surface area contributed by atoms with Gasteiger partial charge in [0.2, 0.25) is 0 Å². The largest absolute Gasteiger partial charge is 0.356 e. The number of guanidine groups is 1. The normalized spacial score (nSPS) is 11.2. The minimum absolute atomic E-state index is 0.0128. The summed E-state index contributed by atoms with van der Waals surface area (Å²) in [5, 5.41) is 7.27. The molecule has 0 aromatic heterocycles. The molecule has 0 unspecified atom stereocenters. The summed E-state index contributed by atoms with van der Waals surface area (Å²) < 4.78 is 0. The minimum atomic E-state index is 0.0128. The number of carbonyl (C=O) groups excluding carboxylic acids is 1. The summed E-state index contributed by atoms with van der Waals surface area (Å²) in [6.45, 7) is 1.36. The van der Waals surface area contributed by atoms with Crippen molar-refractivity contribution in [2.24, 2.45) is 4.99 Å². The van der Waals surface area contributed by atoms with Crippen molar-refractivity contribution < 1.29 is 4.79 Å². The van der Waals surface area contributed by atoms with Gasteiger partial charge in [0.25, 0.3) is 5.91 Å². The van der Waals surface area contributed by atoms with Crippen LogP contribution in [0.1, 0.15) is 21.5 Å². The fourth-order valence-corrected chi connectivity index (χ4v) is 2.71. The van der Waals surface area contributed by atoms with E-state index in [1.54, 1.807) is 26.0 Å². The van der Waals surface area contributed by atoms with Crippen molar-refractivity contribution in [1.82, 2.24) is 15.5 Å². The first-order valence-electron chi connectivity index (χ1n) is 8.49. The molecule has 2 aromatic rings. The Morgan fingerprint density at radius 2 is 1.81 bits per heavy atom. The number of amides is 1. The number of aliphatic imine (C=N–C) groups is 1. The van der Waals surface area contributed by atoms with Gasteiger partial charge in [-0.3, -0.25) is 9.79 Å². The number of halogens is 1. The maximum Gasteiger partial charge on any atom is 0.253 e. The molecular formula is C20H25ClN4O. The van der Waals surface area contributed by atoms with Crippen molar-refractivity contribution in [2.75, 3.05) is 27.7 Å². The third-order valence-corrected chi connectivity index (χ3v) is 4.09. The molecular weight excluding hydrogens is 348 g/mol. The van der Waals surface area contributed by atoms with E-state index < -0.39 is 0 Å². The van der Waals surface area contributed by atoms with Crippen LogP contribution in [0.5, 0.6) is 0 Å². The molecule has 6 heteroatoms. The van der Waals surface area contributed by atoms with Gasteiger partial charge < -0.3 is 15.5 Å². The molecule has 2 N–H and O–H groups in total. The Balaban J connectivity index is 1.84. The summed E-state index contributed by atoms with van der Waals surface area (Å²) in [5.41, 5.74) is 2.90. The molecule has 0 atom stereocenters. The maximum absolute atomic E-state index is 12.0. The van der Waals surface area contributed by atoms with Crippen LogP contribution >= 0.6 is 11.6 Å². The fourth-order valence-electron chi connectivity index (χ4n) is 2.50. The van der Waals surface area contributed by atoms with Gasteiger partial charge in [-0.15, -0.1) is 0 Å². The van der Waals surface area contributed by atoms with Crippen LogP contribution in [-0.4, -0.2) is 44.5 Å². The number of nitrogens with zero attached hydrogens (tertiary/aromatic N) is 2. The van der Waals surface area contributed by atoms with Gasteiger partial charge >= 0.3 is 0 Å². The molecule has 0 saturated carbocycles. The van der Waals surface area contributed by atoms with E-state index in [0.717, 1.165) is 35.1 Å². The molecule has 0 aliphatic rings. The molecule has 0 aliphatic heterocycles. The van der Waals surface area contributed by atoms with E-state index in [-0.39, 0.29) is 5.91 Å². The Bertz CT molecular complexity index is 774. The van der Waals surface area contributed by atoms with Crippen LogP contribution in [0.2, 0.25) is 5.02 Å². The van der Waals surface area contributed by atoms with Crippen LogP contribution in [0.3, 0.4) is 0 Å². The first kappa shape index (κ1) is 19.8. The van der Waals surface area contributed by atoms with Gasteiger partial charge in [0.15, 0.2) is 5.96 Å². The molecule has 0 aliphatic carbocycles. The van der Waals surface area contributed by atoms with Gasteiger partial charge in [0.1, 0.15) is 0 Å². The Morgan fingerprint density at radius 3 is 2.50 bits per heavy atom. The minimum Gasteiger partial charge on any atom is -0.356 e. The van der Waals surface area contributed by atoms with Gasteiger partial charge in [0.05, 0.1) is 0 Å². The SMILES string of the molecule is CN=C(NCCc1cccc(C(=O)N(C)C)c1)NCc1cccc(Cl)c1. The number of nitrogens with one attached hydrogen (secondary N) is 2. The van der Waals surface area contributed by atoms with Crippen LogP contribution < -0.4 is 10.6 Å². The van der Waals surface area contributed by atoms with Crippen molar-refractivity contribution in [3.63, 3.8) is 0 Å². The van der Waals surface area contributed by atoms with Gasteiger partial charge in [-0.1, -0.05) is 35.9 Å². The molecule has 26 heavy (non-hydrogen) atoms. The second kappa shape index (κ2) is 9.82. The highest BCUT2D eigenvalue weighted by molar-refractivity contribution is 6.30. The van der Waals surface area contributed by atoms with Crippen LogP contribution in [-0.2, 0) is 13.0 Å². The maximum atomic E-state index is 12.0. The standard InChI is InChI=1S/C20H25ClN4O/c1-22-20(24-14-16-7-5-9-18(21)13-16)23-11-10-15-6-4-8-17(12-15)19(26)25(2)3/h4-9,12-13H,10-11,14H2,1-3H3,(H2,22,23,24). The average molecular weight is 373 g/mol. The predicted molar refractivity (Wildman–Crippen MR) is 108 cm³/mol. The molecule has 0 spiro atoms. The molecule has 1 amide bonds. The lowest BCUT2D eigenvalue weighted by molar-refractivity contribution is 0.0827. The first-order chi connectivity index (χ1) is 12.5. The van der Waals surface area contributed by atoms with Gasteiger partial charge in [-0.2, -0.15) is 0 Å². The Hall–Kier alpha value is -2.53. The smallest absolute Gasteiger partial charge is 0.253 e. The molecule has 0 fully saturated rings. The highest BCUT2D eigenvalue weighted by Gasteiger charge is 2.08. The third-order valence-electron chi connectivity index (χ3n) is 3.86. The Morgan fingerprint density at radius 1 is 1.08 bits per heavy atom. The van der Waals surface area contributed by atoms with E-state index >= 15 is 0 Å². The molecule has 2 rings (SSSR count). The van der Waals surface area contributed by atoms with Crippen molar-refractivity contribution in [2.45, 2.75) is 13.0 Å². The van der Waals surface area contributed by atoms with Crippen molar-refractivity contribution in [1.29, 1.82) is 0 Å². The fraction of sp³-hybridized carbons (Fsp3) is 0.300. The lowest BCUT2D eigenvalue weighted by atomic mass is 10.1. The Labute approximate surface area is 160 Å². The molecule has 138 valence electrons. The highest BCUT2D eigenvalue weighted by atomic mass is 35.5. The summed E-state index contributed by atoms with van der Waals surface area (Å²) in [4.78, 5) is 17.8. The number of hydrogen-bond donors (Lipinski definition) is 2. The van der Waals surface area contributed by atoms with Crippen LogP contribution in [0.15, 0.2) is 53.5 Å². The molecule has 2 aromatic carbocycles. The molecule has 0 heterocycles. The molecule has 5 nitrogen and oxygen atoms in total. The zero-order valence-corrected chi connectivity index (χ0v) is 16.2. The van der Waals surface area contributed by atoms with Crippen LogP contribution in [0.25, 0.3) is 0 Å². The topological polar surface area (TPSA) is 56.7 Å². The van der Waals surface area contributed by atoms with Gasteiger partial charge in [-0.05, 0) is 41.8 Å². The zero-order chi connectivity index (χ0) is 18.9. The zero-order valence-electron chi connectivity index (χ0n) is 15.4. The van der Waals surface area contributed by atoms with E-state index in [1.165, 1.54) is 0 Å². The Kier molecular flexibility index (Phi) is 7.48. The van der Waals surface area contributed by atoms with Crippen molar-refractivity contribution in [3.05, 3.63) is 70.2 Å². The number of benzene rings is 2. The van der Waals surface area contributed by atoms with Crippen LogP contribution in [0, 0.1) is 0 Å². The van der Waals surface area contributed by atoms with E-state index in [9.17, 15) is 4.79 Å². The molecule has 0 bridgehead atoms. The second-order valence-electron chi connectivity index (χ2n) is 6.13. The lowest BCUT2D eigenvalue weighted by Crippen LogP contribution is -2.37. The second-order valence-corrected chi connectivity index (χ2v) is 6.57. The van der Waals surface area contributed by atoms with Gasteiger partial charge in [-0.25, -0.2) is 0 Å².